The van der Waals surface area contributed by atoms with Crippen molar-refractivity contribution in [3.63, 3.8) is 0 Å². The van der Waals surface area contributed by atoms with Gasteiger partial charge in [0.05, 0.1) is 18.6 Å². The minimum absolute atomic E-state index is 0.479. The van der Waals surface area contributed by atoms with Gasteiger partial charge in [0.2, 0.25) is 10.0 Å². The van der Waals surface area contributed by atoms with Crippen LogP contribution in [0.15, 0.2) is 48.5 Å². The predicted molar refractivity (Wildman–Crippen MR) is 119 cm³/mol. The molecule has 3 rings (SSSR count). The average Bonchev–Trinajstić information content (AvgIpc) is 3.03. The summed E-state index contributed by atoms with van der Waals surface area (Å²) >= 11 is 6.07. The quantitative estimate of drug-likeness (QED) is 0.629. The van der Waals surface area contributed by atoms with Gasteiger partial charge in [0, 0.05) is 37.6 Å². The van der Waals surface area contributed by atoms with Crippen molar-refractivity contribution in [3.05, 3.63) is 59.1 Å². The highest BCUT2D eigenvalue weighted by Gasteiger charge is 2.29. The van der Waals surface area contributed by atoms with Crippen molar-refractivity contribution in [3.8, 4) is 5.75 Å². The SMILES string of the molecule is CC1CN(CCc2cccc(Cl)c2)CC1COc1ccc(N(C)S(C)(=O)=O)cc1. The maximum absolute atomic E-state index is 11.6. The van der Waals surface area contributed by atoms with Crippen LogP contribution in [0.5, 0.6) is 5.75 Å². The van der Waals surface area contributed by atoms with Crippen LogP contribution in [0.1, 0.15) is 12.5 Å². The molecular formula is C22H29ClN2O3S. The van der Waals surface area contributed by atoms with Crippen LogP contribution in [-0.2, 0) is 16.4 Å². The zero-order chi connectivity index (χ0) is 21.0. The molecule has 2 aromatic rings. The van der Waals surface area contributed by atoms with Crippen molar-refractivity contribution in [2.24, 2.45) is 11.8 Å². The summed E-state index contributed by atoms with van der Waals surface area (Å²) < 4.78 is 30.5. The van der Waals surface area contributed by atoms with Crippen molar-refractivity contribution in [2.75, 3.05) is 43.8 Å². The summed E-state index contributed by atoms with van der Waals surface area (Å²) in [5.41, 5.74) is 1.89. The molecule has 0 spiro atoms. The maximum Gasteiger partial charge on any atom is 0.231 e. The summed E-state index contributed by atoms with van der Waals surface area (Å²) in [4.78, 5) is 2.49. The molecule has 0 saturated carbocycles. The summed E-state index contributed by atoms with van der Waals surface area (Å²) in [7, 11) is -1.71. The highest BCUT2D eigenvalue weighted by atomic mass is 35.5. The number of rotatable bonds is 8. The minimum Gasteiger partial charge on any atom is -0.493 e. The van der Waals surface area contributed by atoms with Crippen LogP contribution in [0, 0.1) is 11.8 Å². The number of nitrogens with zero attached hydrogens (tertiary/aromatic N) is 2. The van der Waals surface area contributed by atoms with E-state index in [9.17, 15) is 8.42 Å². The number of likely N-dealkylation sites (tertiary alicyclic amines) is 1. The fraction of sp³-hybridized carbons (Fsp3) is 0.455. The van der Waals surface area contributed by atoms with Crippen molar-refractivity contribution in [1.29, 1.82) is 0 Å². The van der Waals surface area contributed by atoms with E-state index in [2.05, 4.69) is 17.9 Å². The van der Waals surface area contributed by atoms with Crippen molar-refractivity contribution >= 4 is 27.3 Å². The predicted octanol–water partition coefficient (Wildman–Crippen LogP) is 3.93. The van der Waals surface area contributed by atoms with E-state index < -0.39 is 10.0 Å². The van der Waals surface area contributed by atoms with Gasteiger partial charge < -0.3 is 9.64 Å². The molecule has 7 heteroatoms. The molecule has 0 N–H and O–H groups in total. The minimum atomic E-state index is -3.26. The largest absolute Gasteiger partial charge is 0.493 e. The normalized spacial score (nSPS) is 20.0. The van der Waals surface area contributed by atoms with Gasteiger partial charge in [0.25, 0.3) is 0 Å². The van der Waals surface area contributed by atoms with Gasteiger partial charge in [-0.15, -0.1) is 0 Å². The molecule has 5 nitrogen and oxygen atoms in total. The zero-order valence-corrected chi connectivity index (χ0v) is 18.8. The number of benzene rings is 2. The Hall–Kier alpha value is -1.76. The van der Waals surface area contributed by atoms with Crippen LogP contribution in [0.3, 0.4) is 0 Å². The Kier molecular flexibility index (Phi) is 7.09. The molecule has 1 saturated heterocycles. The Balaban J connectivity index is 1.48. The van der Waals surface area contributed by atoms with E-state index in [4.69, 9.17) is 16.3 Å². The monoisotopic (exact) mass is 436 g/mol. The lowest BCUT2D eigenvalue weighted by Gasteiger charge is -2.18. The molecule has 2 atom stereocenters. The first-order chi connectivity index (χ1) is 13.7. The van der Waals surface area contributed by atoms with E-state index in [1.54, 1.807) is 19.2 Å². The number of ether oxygens (including phenoxy) is 1. The molecule has 0 aliphatic carbocycles. The number of sulfonamides is 1. The smallest absolute Gasteiger partial charge is 0.231 e. The van der Waals surface area contributed by atoms with Crippen molar-refractivity contribution < 1.29 is 13.2 Å². The third kappa shape index (κ3) is 6.11. The lowest BCUT2D eigenvalue weighted by atomic mass is 9.99. The molecule has 158 valence electrons. The topological polar surface area (TPSA) is 49.9 Å². The molecule has 1 aliphatic heterocycles. The van der Waals surface area contributed by atoms with Crippen LogP contribution in [0.25, 0.3) is 0 Å². The standard InChI is InChI=1S/C22H29ClN2O3S/c1-17-14-25(12-11-18-5-4-6-20(23)13-18)15-19(17)16-28-22-9-7-21(8-10-22)24(2)29(3,26)27/h4-10,13,17,19H,11-12,14-16H2,1-3H3. The second-order valence-corrected chi connectivity index (χ2v) is 10.4. The Morgan fingerprint density at radius 1 is 1.17 bits per heavy atom. The van der Waals surface area contributed by atoms with Crippen LogP contribution in [0.4, 0.5) is 5.69 Å². The van der Waals surface area contributed by atoms with Gasteiger partial charge in [-0.1, -0.05) is 30.7 Å². The lowest BCUT2D eigenvalue weighted by Crippen LogP contribution is -2.25. The molecule has 1 aliphatic rings. The average molecular weight is 437 g/mol. The van der Waals surface area contributed by atoms with Gasteiger partial charge in [-0.2, -0.15) is 0 Å². The second kappa shape index (κ2) is 9.37. The van der Waals surface area contributed by atoms with E-state index in [1.807, 2.05) is 30.3 Å². The Labute approximate surface area is 179 Å². The van der Waals surface area contributed by atoms with Gasteiger partial charge in [-0.05, 0) is 54.3 Å². The molecule has 0 aromatic heterocycles. The fourth-order valence-electron chi connectivity index (χ4n) is 3.67. The van der Waals surface area contributed by atoms with Crippen molar-refractivity contribution in [2.45, 2.75) is 13.3 Å². The van der Waals surface area contributed by atoms with Crippen LogP contribution < -0.4 is 9.04 Å². The fourth-order valence-corrected chi connectivity index (χ4v) is 4.39. The Bertz CT molecular complexity index is 918. The van der Waals surface area contributed by atoms with E-state index in [0.717, 1.165) is 36.8 Å². The summed E-state index contributed by atoms with van der Waals surface area (Å²) in [5.74, 6) is 1.82. The van der Waals surface area contributed by atoms with Gasteiger partial charge in [-0.25, -0.2) is 8.42 Å². The molecule has 1 fully saturated rings. The van der Waals surface area contributed by atoms with Gasteiger partial charge in [0.1, 0.15) is 5.75 Å². The summed E-state index contributed by atoms with van der Waals surface area (Å²) in [6, 6.07) is 15.3. The highest BCUT2D eigenvalue weighted by molar-refractivity contribution is 7.92. The van der Waals surface area contributed by atoms with Crippen LogP contribution in [-0.4, -0.2) is 52.9 Å². The third-order valence-corrected chi connectivity index (χ3v) is 7.05. The number of hydrogen-bond donors (Lipinski definition) is 0. The van der Waals surface area contributed by atoms with E-state index in [0.29, 0.717) is 24.1 Å². The molecule has 2 aromatic carbocycles. The Morgan fingerprint density at radius 3 is 2.55 bits per heavy atom. The zero-order valence-electron chi connectivity index (χ0n) is 17.2. The Morgan fingerprint density at radius 2 is 1.90 bits per heavy atom. The number of anilines is 1. The van der Waals surface area contributed by atoms with Crippen molar-refractivity contribution in [1.82, 2.24) is 4.90 Å². The van der Waals surface area contributed by atoms with Crippen LogP contribution >= 0.6 is 11.6 Å². The first-order valence-corrected chi connectivity index (χ1v) is 12.1. The molecule has 29 heavy (non-hydrogen) atoms. The van der Waals surface area contributed by atoms with Gasteiger partial charge >= 0.3 is 0 Å². The summed E-state index contributed by atoms with van der Waals surface area (Å²) in [6.45, 7) is 6.06. The first kappa shape index (κ1) is 21.9. The number of halogens is 1. The maximum atomic E-state index is 11.6. The lowest BCUT2D eigenvalue weighted by molar-refractivity contribution is 0.225. The van der Waals surface area contributed by atoms with Gasteiger partial charge in [-0.3, -0.25) is 4.31 Å². The third-order valence-electron chi connectivity index (χ3n) is 5.61. The first-order valence-electron chi connectivity index (χ1n) is 9.86. The molecular weight excluding hydrogens is 408 g/mol. The summed E-state index contributed by atoms with van der Waals surface area (Å²) in [5, 5.41) is 0.789. The summed E-state index contributed by atoms with van der Waals surface area (Å²) in [6.07, 6.45) is 2.19. The molecule has 1 heterocycles. The molecule has 0 radical (unpaired) electrons. The van der Waals surface area contributed by atoms with E-state index in [1.165, 1.54) is 16.1 Å². The molecule has 0 bridgehead atoms. The van der Waals surface area contributed by atoms with Crippen LogP contribution in [0.2, 0.25) is 5.02 Å². The van der Waals surface area contributed by atoms with E-state index in [-0.39, 0.29) is 0 Å². The number of hydrogen-bond acceptors (Lipinski definition) is 4. The van der Waals surface area contributed by atoms with E-state index >= 15 is 0 Å². The van der Waals surface area contributed by atoms with Gasteiger partial charge in [0.15, 0.2) is 0 Å². The molecule has 2 unspecified atom stereocenters. The molecule has 0 amide bonds. The highest BCUT2D eigenvalue weighted by Crippen LogP contribution is 2.26. The second-order valence-electron chi connectivity index (χ2n) is 7.91.